The molecule has 1 fully saturated rings. The van der Waals surface area contributed by atoms with E-state index in [0.29, 0.717) is 18.7 Å². The molecule has 19 heavy (non-hydrogen) atoms. The molecule has 1 N–H and O–H groups in total. The molecule has 0 saturated carbocycles. The molecule has 4 nitrogen and oxygen atoms in total. The summed E-state index contributed by atoms with van der Waals surface area (Å²) in [5.74, 6) is -0.238. The molecule has 2 rings (SSSR count). The number of likely N-dealkylation sites (tertiary alicyclic amines) is 1. The van der Waals surface area contributed by atoms with Gasteiger partial charge in [0.2, 0.25) is 0 Å². The van der Waals surface area contributed by atoms with Gasteiger partial charge in [0.05, 0.1) is 12.6 Å². The Morgan fingerprint density at radius 1 is 1.47 bits per heavy atom. The standard InChI is InChI=1S/C15H21NO3/c1-15(18,12-7-4-3-5-8-12)14(17)16-10-6-9-13(16)11-19-2/h3-5,7-8,13,18H,6,9-11H2,1-2H3/t13-,15+/m0/s1. The van der Waals surface area contributed by atoms with Crippen LogP contribution in [0.15, 0.2) is 30.3 Å². The van der Waals surface area contributed by atoms with E-state index in [1.807, 2.05) is 18.2 Å². The van der Waals surface area contributed by atoms with Crippen LogP contribution < -0.4 is 0 Å². The van der Waals surface area contributed by atoms with Crippen LogP contribution in [-0.4, -0.2) is 42.2 Å². The number of carbonyl (C=O) groups excluding carboxylic acids is 1. The number of hydrogen-bond donors (Lipinski definition) is 1. The number of nitrogens with zero attached hydrogens (tertiary/aromatic N) is 1. The minimum Gasteiger partial charge on any atom is -0.383 e. The fourth-order valence-electron chi connectivity index (χ4n) is 2.63. The summed E-state index contributed by atoms with van der Waals surface area (Å²) in [5.41, 5.74) is -0.847. The Hall–Kier alpha value is -1.39. The van der Waals surface area contributed by atoms with Gasteiger partial charge in [-0.05, 0) is 25.3 Å². The van der Waals surface area contributed by atoms with Crippen molar-refractivity contribution in [2.24, 2.45) is 0 Å². The number of ether oxygens (including phenoxy) is 1. The number of rotatable bonds is 4. The van der Waals surface area contributed by atoms with Crippen molar-refractivity contribution in [3.63, 3.8) is 0 Å². The summed E-state index contributed by atoms with van der Waals surface area (Å²) in [5, 5.41) is 10.6. The van der Waals surface area contributed by atoms with Crippen LogP contribution in [0.4, 0.5) is 0 Å². The van der Waals surface area contributed by atoms with Crippen molar-refractivity contribution in [1.29, 1.82) is 0 Å². The van der Waals surface area contributed by atoms with Crippen LogP contribution in [0.25, 0.3) is 0 Å². The Bertz CT molecular complexity index is 430. The van der Waals surface area contributed by atoms with Crippen molar-refractivity contribution >= 4 is 5.91 Å². The van der Waals surface area contributed by atoms with Crippen LogP contribution in [0, 0.1) is 0 Å². The van der Waals surface area contributed by atoms with Gasteiger partial charge in [-0.25, -0.2) is 0 Å². The first-order valence-electron chi connectivity index (χ1n) is 6.65. The van der Waals surface area contributed by atoms with Gasteiger partial charge < -0.3 is 14.7 Å². The van der Waals surface area contributed by atoms with Crippen LogP contribution >= 0.6 is 0 Å². The molecule has 4 heteroatoms. The van der Waals surface area contributed by atoms with E-state index in [1.54, 1.807) is 31.1 Å². The largest absolute Gasteiger partial charge is 0.383 e. The zero-order valence-electron chi connectivity index (χ0n) is 11.5. The normalized spacial score (nSPS) is 22.3. The van der Waals surface area contributed by atoms with Crippen molar-refractivity contribution in [1.82, 2.24) is 4.90 Å². The Labute approximate surface area is 114 Å². The minimum absolute atomic E-state index is 0.0766. The Morgan fingerprint density at radius 3 is 2.79 bits per heavy atom. The van der Waals surface area contributed by atoms with E-state index in [0.717, 1.165) is 12.8 Å². The fraction of sp³-hybridized carbons (Fsp3) is 0.533. The zero-order chi connectivity index (χ0) is 13.9. The Balaban J connectivity index is 2.18. The van der Waals surface area contributed by atoms with Crippen molar-refractivity contribution in [2.45, 2.75) is 31.4 Å². The lowest BCUT2D eigenvalue weighted by Gasteiger charge is -2.32. The van der Waals surface area contributed by atoms with Crippen LogP contribution in [0.3, 0.4) is 0 Å². The van der Waals surface area contributed by atoms with Gasteiger partial charge in [-0.15, -0.1) is 0 Å². The van der Waals surface area contributed by atoms with E-state index in [9.17, 15) is 9.90 Å². The lowest BCUT2D eigenvalue weighted by atomic mass is 9.94. The number of hydrogen-bond acceptors (Lipinski definition) is 3. The molecule has 1 aliphatic rings. The Kier molecular flexibility index (Phi) is 4.22. The van der Waals surface area contributed by atoms with Gasteiger partial charge in [0.25, 0.3) is 5.91 Å². The second-order valence-electron chi connectivity index (χ2n) is 5.19. The van der Waals surface area contributed by atoms with Crippen molar-refractivity contribution in [3.05, 3.63) is 35.9 Å². The van der Waals surface area contributed by atoms with Crippen molar-refractivity contribution in [2.75, 3.05) is 20.3 Å². The highest BCUT2D eigenvalue weighted by atomic mass is 16.5. The molecule has 1 heterocycles. The van der Waals surface area contributed by atoms with Crippen molar-refractivity contribution in [3.8, 4) is 0 Å². The summed E-state index contributed by atoms with van der Waals surface area (Å²) in [4.78, 5) is 14.3. The maximum atomic E-state index is 12.6. The SMILES string of the molecule is COC[C@@H]1CCCN1C(=O)[C@](C)(O)c1ccccc1. The first kappa shape index (κ1) is 14.0. The average Bonchev–Trinajstić information content (AvgIpc) is 2.87. The van der Waals surface area contributed by atoms with Gasteiger partial charge in [-0.1, -0.05) is 30.3 Å². The first-order chi connectivity index (χ1) is 9.07. The van der Waals surface area contributed by atoms with Crippen molar-refractivity contribution < 1.29 is 14.6 Å². The smallest absolute Gasteiger partial charge is 0.259 e. The molecule has 0 unspecified atom stereocenters. The zero-order valence-corrected chi connectivity index (χ0v) is 11.5. The number of benzene rings is 1. The molecule has 1 saturated heterocycles. The maximum absolute atomic E-state index is 12.6. The molecule has 104 valence electrons. The Morgan fingerprint density at radius 2 is 2.16 bits per heavy atom. The third kappa shape index (κ3) is 2.80. The predicted octanol–water partition coefficient (Wildman–Crippen LogP) is 1.53. The average molecular weight is 263 g/mol. The van der Waals surface area contributed by atoms with Gasteiger partial charge >= 0.3 is 0 Å². The van der Waals surface area contributed by atoms with Crippen LogP contribution in [0.5, 0.6) is 0 Å². The third-order valence-electron chi connectivity index (χ3n) is 3.75. The molecule has 1 aliphatic heterocycles. The molecule has 1 aromatic rings. The summed E-state index contributed by atoms with van der Waals surface area (Å²) in [6, 6.07) is 9.15. The van der Waals surface area contributed by atoms with E-state index >= 15 is 0 Å². The summed E-state index contributed by atoms with van der Waals surface area (Å²) in [6.07, 6.45) is 1.90. The van der Waals surface area contributed by atoms with E-state index < -0.39 is 5.60 Å². The van der Waals surface area contributed by atoms with E-state index in [-0.39, 0.29) is 11.9 Å². The van der Waals surface area contributed by atoms with Gasteiger partial charge in [0.15, 0.2) is 5.60 Å². The topological polar surface area (TPSA) is 49.8 Å². The summed E-state index contributed by atoms with van der Waals surface area (Å²) >= 11 is 0. The predicted molar refractivity (Wildman–Crippen MR) is 72.6 cm³/mol. The van der Waals surface area contributed by atoms with Gasteiger partial charge in [-0.2, -0.15) is 0 Å². The molecule has 1 aromatic carbocycles. The third-order valence-corrected chi connectivity index (χ3v) is 3.75. The molecule has 0 radical (unpaired) electrons. The molecular formula is C15H21NO3. The molecule has 0 spiro atoms. The quantitative estimate of drug-likeness (QED) is 0.896. The lowest BCUT2D eigenvalue weighted by Crippen LogP contribution is -2.48. The highest BCUT2D eigenvalue weighted by molar-refractivity contribution is 5.86. The minimum atomic E-state index is -1.47. The highest BCUT2D eigenvalue weighted by Gasteiger charge is 2.40. The molecule has 1 amide bonds. The number of methoxy groups -OCH3 is 1. The first-order valence-corrected chi connectivity index (χ1v) is 6.65. The summed E-state index contributed by atoms with van der Waals surface area (Å²) in [7, 11) is 1.64. The van der Waals surface area contributed by atoms with E-state index in [4.69, 9.17) is 4.74 Å². The second-order valence-corrected chi connectivity index (χ2v) is 5.19. The summed E-state index contributed by atoms with van der Waals surface area (Å²) in [6.45, 7) is 2.78. The fourth-order valence-corrected chi connectivity index (χ4v) is 2.63. The number of aliphatic hydroxyl groups is 1. The summed E-state index contributed by atoms with van der Waals surface area (Å²) < 4.78 is 5.15. The molecule has 0 aliphatic carbocycles. The van der Waals surface area contributed by atoms with Gasteiger partial charge in [0, 0.05) is 13.7 Å². The van der Waals surface area contributed by atoms with Gasteiger partial charge in [0.1, 0.15) is 0 Å². The van der Waals surface area contributed by atoms with Crippen LogP contribution in [0.1, 0.15) is 25.3 Å². The molecule has 2 atom stereocenters. The highest BCUT2D eigenvalue weighted by Crippen LogP contribution is 2.27. The van der Waals surface area contributed by atoms with Crippen LogP contribution in [-0.2, 0) is 15.1 Å². The molecule has 0 bridgehead atoms. The van der Waals surface area contributed by atoms with E-state index in [1.165, 1.54) is 0 Å². The van der Waals surface area contributed by atoms with Crippen LogP contribution in [0.2, 0.25) is 0 Å². The molecule has 0 aromatic heterocycles. The number of carbonyl (C=O) groups is 1. The maximum Gasteiger partial charge on any atom is 0.259 e. The molecular weight excluding hydrogens is 242 g/mol. The number of amides is 1. The second kappa shape index (κ2) is 5.72. The van der Waals surface area contributed by atoms with E-state index in [2.05, 4.69) is 0 Å². The lowest BCUT2D eigenvalue weighted by molar-refractivity contribution is -0.152. The van der Waals surface area contributed by atoms with Gasteiger partial charge in [-0.3, -0.25) is 4.79 Å². The monoisotopic (exact) mass is 263 g/mol.